The summed E-state index contributed by atoms with van der Waals surface area (Å²) in [6.45, 7) is 8.01. The zero-order valence-electron chi connectivity index (χ0n) is 13.4. The highest BCUT2D eigenvalue weighted by molar-refractivity contribution is 7.80. The molecule has 1 fully saturated rings. The molecule has 0 spiro atoms. The van der Waals surface area contributed by atoms with Gasteiger partial charge >= 0.3 is 13.1 Å². The van der Waals surface area contributed by atoms with Gasteiger partial charge in [-0.15, -0.1) is 11.3 Å². The Balaban J connectivity index is 2.22. The number of carbonyl (C=O) groups is 1. The lowest BCUT2D eigenvalue weighted by atomic mass is 9.79. The lowest BCUT2D eigenvalue weighted by Gasteiger charge is -2.32. The molecule has 22 heavy (non-hydrogen) atoms. The van der Waals surface area contributed by atoms with Crippen molar-refractivity contribution in [2.75, 3.05) is 12.9 Å². The van der Waals surface area contributed by atoms with Gasteiger partial charge in [0, 0.05) is 5.75 Å². The van der Waals surface area contributed by atoms with Crippen LogP contribution in [-0.4, -0.2) is 42.1 Å². The number of carbonyl (C=O) groups excluding carboxylic acids is 1. The zero-order chi connectivity index (χ0) is 16.5. The molecule has 0 bridgehead atoms. The largest absolute Gasteiger partial charge is 0.491 e. The number of thiol groups is 1. The number of nitrogens with zero attached hydrogens (tertiary/aromatic N) is 1. The second-order valence-corrected chi connectivity index (χ2v) is 7.40. The molecule has 1 aromatic heterocycles. The Hall–Kier alpha value is -0.825. The molecule has 120 valence electrons. The second-order valence-electron chi connectivity index (χ2n) is 6.02. The lowest BCUT2D eigenvalue weighted by molar-refractivity contribution is 0.00578. The summed E-state index contributed by atoms with van der Waals surface area (Å²) in [5, 5.41) is 0.694. The first kappa shape index (κ1) is 17.5. The number of ether oxygens (including phenoxy) is 1. The molecule has 5 nitrogen and oxygen atoms in total. The first-order valence-corrected chi connectivity index (χ1v) is 8.36. The van der Waals surface area contributed by atoms with E-state index < -0.39 is 18.3 Å². The monoisotopic (exact) mass is 341 g/mol. The Labute approximate surface area is 140 Å². The maximum Gasteiger partial charge on any atom is 0.491 e. The number of hydrogen-bond acceptors (Lipinski definition) is 7. The van der Waals surface area contributed by atoms with Crippen LogP contribution >= 0.6 is 24.0 Å². The van der Waals surface area contributed by atoms with Crippen LogP contribution in [0.15, 0.2) is 11.7 Å². The van der Waals surface area contributed by atoms with E-state index in [2.05, 4.69) is 22.3 Å². The van der Waals surface area contributed by atoms with Crippen molar-refractivity contribution in [3.63, 3.8) is 0 Å². The molecule has 1 aliphatic heterocycles. The third-order valence-electron chi connectivity index (χ3n) is 3.96. The average molecular weight is 341 g/mol. The standard InChI is InChI=1S/C14H20BNO4S2/c1-13(2)14(3,4)20-15(19-13)9(8-21)6-11-16-7-10(22-11)12(17)18-5/h6-7,21H,8H2,1-5H3. The van der Waals surface area contributed by atoms with E-state index in [1.54, 1.807) is 0 Å². The highest BCUT2D eigenvalue weighted by Gasteiger charge is 2.52. The van der Waals surface area contributed by atoms with Gasteiger partial charge in [-0.05, 0) is 39.2 Å². The minimum atomic E-state index is -0.465. The van der Waals surface area contributed by atoms with Crippen molar-refractivity contribution >= 4 is 43.1 Å². The Morgan fingerprint density at radius 1 is 1.41 bits per heavy atom. The van der Waals surface area contributed by atoms with Crippen molar-refractivity contribution in [3.05, 3.63) is 21.6 Å². The Kier molecular flexibility index (Phi) is 5.06. The quantitative estimate of drug-likeness (QED) is 0.518. The summed E-state index contributed by atoms with van der Waals surface area (Å²) in [4.78, 5) is 16.1. The van der Waals surface area contributed by atoms with Crippen LogP contribution < -0.4 is 0 Å². The Bertz CT molecular complexity index is 581. The third kappa shape index (κ3) is 3.40. The van der Waals surface area contributed by atoms with Crippen LogP contribution in [0.3, 0.4) is 0 Å². The van der Waals surface area contributed by atoms with E-state index in [1.807, 2.05) is 33.8 Å². The molecule has 0 unspecified atom stereocenters. The molecule has 0 saturated carbocycles. The number of methoxy groups -OCH3 is 1. The van der Waals surface area contributed by atoms with Crippen LogP contribution in [0.1, 0.15) is 42.4 Å². The van der Waals surface area contributed by atoms with Crippen molar-refractivity contribution in [2.24, 2.45) is 0 Å². The smallest absolute Gasteiger partial charge is 0.465 e. The molecule has 1 saturated heterocycles. The summed E-state index contributed by atoms with van der Waals surface area (Å²) in [6.07, 6.45) is 3.36. The summed E-state index contributed by atoms with van der Waals surface area (Å²) in [5.74, 6) is 0.0875. The fraction of sp³-hybridized carbons (Fsp3) is 0.571. The number of hydrogen-bond donors (Lipinski definition) is 1. The van der Waals surface area contributed by atoms with Crippen molar-refractivity contribution in [3.8, 4) is 0 Å². The van der Waals surface area contributed by atoms with Crippen LogP contribution in [0, 0.1) is 0 Å². The van der Waals surface area contributed by atoms with E-state index in [-0.39, 0.29) is 5.97 Å². The van der Waals surface area contributed by atoms with Crippen LogP contribution in [0.5, 0.6) is 0 Å². The SMILES string of the molecule is COC(=O)c1cnc(C=C(CS)B2OC(C)(C)C(C)(C)O2)s1. The molecule has 0 radical (unpaired) electrons. The van der Waals surface area contributed by atoms with Gasteiger partial charge in [0.2, 0.25) is 0 Å². The summed E-state index contributed by atoms with van der Waals surface area (Å²) >= 11 is 5.62. The molecule has 0 aromatic carbocycles. The predicted molar refractivity (Wildman–Crippen MR) is 91.4 cm³/mol. The highest BCUT2D eigenvalue weighted by atomic mass is 32.1. The van der Waals surface area contributed by atoms with Gasteiger partial charge in [-0.2, -0.15) is 12.6 Å². The van der Waals surface area contributed by atoms with E-state index in [0.29, 0.717) is 15.6 Å². The highest BCUT2D eigenvalue weighted by Crippen LogP contribution is 2.39. The first-order chi connectivity index (χ1) is 10.2. The van der Waals surface area contributed by atoms with Gasteiger partial charge in [-0.1, -0.05) is 0 Å². The van der Waals surface area contributed by atoms with Crippen LogP contribution in [0.25, 0.3) is 6.08 Å². The molecule has 0 N–H and O–H groups in total. The number of aromatic nitrogens is 1. The van der Waals surface area contributed by atoms with E-state index >= 15 is 0 Å². The Morgan fingerprint density at radius 3 is 2.50 bits per heavy atom. The van der Waals surface area contributed by atoms with Gasteiger partial charge in [0.15, 0.2) is 0 Å². The summed E-state index contributed by atoms with van der Waals surface area (Å²) in [5.41, 5.74) is 0.0623. The van der Waals surface area contributed by atoms with Gasteiger partial charge in [-0.25, -0.2) is 9.78 Å². The summed E-state index contributed by atoms with van der Waals surface area (Å²) in [7, 11) is 0.883. The van der Waals surface area contributed by atoms with E-state index in [9.17, 15) is 4.79 Å². The topological polar surface area (TPSA) is 57.7 Å². The average Bonchev–Trinajstić information content (AvgIpc) is 2.98. The number of thiazole rings is 1. The van der Waals surface area contributed by atoms with Gasteiger partial charge in [0.25, 0.3) is 0 Å². The summed E-state index contributed by atoms with van der Waals surface area (Å²) < 4.78 is 16.7. The molecule has 1 aliphatic rings. The lowest BCUT2D eigenvalue weighted by Crippen LogP contribution is -2.41. The van der Waals surface area contributed by atoms with Crippen molar-refractivity contribution in [1.29, 1.82) is 0 Å². The van der Waals surface area contributed by atoms with Crippen molar-refractivity contribution in [1.82, 2.24) is 4.98 Å². The molecule has 2 heterocycles. The maximum absolute atomic E-state index is 11.5. The molecular weight excluding hydrogens is 321 g/mol. The summed E-state index contributed by atoms with van der Waals surface area (Å²) in [6, 6.07) is 0. The number of rotatable bonds is 4. The van der Waals surface area contributed by atoms with E-state index in [0.717, 1.165) is 5.47 Å². The third-order valence-corrected chi connectivity index (χ3v) is 5.25. The molecule has 0 atom stereocenters. The van der Waals surface area contributed by atoms with Crippen LogP contribution in [-0.2, 0) is 14.0 Å². The number of esters is 1. The molecule has 0 amide bonds. The molecular formula is C14H20BNO4S2. The molecule has 2 rings (SSSR count). The molecule has 1 aromatic rings. The first-order valence-electron chi connectivity index (χ1n) is 6.91. The van der Waals surface area contributed by atoms with E-state index in [4.69, 9.17) is 9.31 Å². The molecule has 8 heteroatoms. The van der Waals surface area contributed by atoms with Gasteiger partial charge in [0.05, 0.1) is 24.5 Å². The van der Waals surface area contributed by atoms with Crippen molar-refractivity contribution in [2.45, 2.75) is 38.9 Å². The van der Waals surface area contributed by atoms with Crippen LogP contribution in [0.2, 0.25) is 0 Å². The van der Waals surface area contributed by atoms with E-state index in [1.165, 1.54) is 24.6 Å². The fourth-order valence-corrected chi connectivity index (χ4v) is 2.94. The minimum Gasteiger partial charge on any atom is -0.465 e. The van der Waals surface area contributed by atoms with Crippen LogP contribution in [0.4, 0.5) is 0 Å². The minimum absolute atomic E-state index is 0.389. The maximum atomic E-state index is 11.5. The van der Waals surface area contributed by atoms with Gasteiger partial charge in [0.1, 0.15) is 9.88 Å². The van der Waals surface area contributed by atoms with Gasteiger partial charge in [-0.3, -0.25) is 0 Å². The van der Waals surface area contributed by atoms with Gasteiger partial charge < -0.3 is 14.0 Å². The normalized spacial score (nSPS) is 20.3. The second kappa shape index (κ2) is 6.35. The molecule has 0 aliphatic carbocycles. The zero-order valence-corrected chi connectivity index (χ0v) is 15.1. The Morgan fingerprint density at radius 2 is 2.00 bits per heavy atom. The van der Waals surface area contributed by atoms with Crippen molar-refractivity contribution < 1.29 is 18.8 Å². The fourth-order valence-electron chi connectivity index (χ4n) is 1.89. The predicted octanol–water partition coefficient (Wildman–Crippen LogP) is 2.87.